The Morgan fingerprint density at radius 2 is 1.94 bits per heavy atom. The van der Waals surface area contributed by atoms with E-state index in [1.807, 2.05) is 6.26 Å². The van der Waals surface area contributed by atoms with Crippen LogP contribution < -0.4 is 11.1 Å². The van der Waals surface area contributed by atoms with Crippen molar-refractivity contribution >= 4 is 35.5 Å². The molecule has 3 amide bonds. The lowest BCUT2D eigenvalue weighted by Crippen LogP contribution is -2.57. The zero-order valence-electron chi connectivity index (χ0n) is 18.7. The van der Waals surface area contributed by atoms with E-state index in [1.54, 1.807) is 18.0 Å². The Bertz CT molecular complexity index is 850. The van der Waals surface area contributed by atoms with Crippen LogP contribution in [-0.2, 0) is 25.6 Å². The summed E-state index contributed by atoms with van der Waals surface area (Å²) >= 11 is 1.58. The second kappa shape index (κ2) is 11.5. The molecular weight excluding hydrogens is 448 g/mol. The number of likely N-dealkylation sites (tertiary alicyclic amines) is 2. The molecular formula is C21H32N6O5S. The first-order valence-electron chi connectivity index (χ1n) is 11.2. The largest absolute Gasteiger partial charge is 0.480 e. The lowest BCUT2D eigenvalue weighted by Gasteiger charge is -2.32. The summed E-state index contributed by atoms with van der Waals surface area (Å²) in [4.78, 5) is 60.7. The van der Waals surface area contributed by atoms with Gasteiger partial charge in [0, 0.05) is 31.4 Å². The number of nitrogens with zero attached hydrogens (tertiary/aromatic N) is 3. The molecule has 4 unspecified atom stereocenters. The molecule has 2 fully saturated rings. The van der Waals surface area contributed by atoms with Gasteiger partial charge >= 0.3 is 5.97 Å². The summed E-state index contributed by atoms with van der Waals surface area (Å²) in [7, 11) is 0. The number of carboxylic acids is 1. The van der Waals surface area contributed by atoms with Gasteiger partial charge in [0.1, 0.15) is 18.1 Å². The molecule has 0 bridgehead atoms. The quantitative estimate of drug-likeness (QED) is 0.351. The normalized spacial score (nSPS) is 22.2. The lowest BCUT2D eigenvalue weighted by molar-refractivity contribution is -0.152. The van der Waals surface area contributed by atoms with E-state index in [9.17, 15) is 24.3 Å². The van der Waals surface area contributed by atoms with Gasteiger partial charge in [-0.3, -0.25) is 14.4 Å². The highest BCUT2D eigenvalue weighted by molar-refractivity contribution is 7.98. The minimum atomic E-state index is -1.03. The third kappa shape index (κ3) is 6.05. The number of carbonyl (C=O) groups excluding carboxylic acids is 3. The molecule has 33 heavy (non-hydrogen) atoms. The van der Waals surface area contributed by atoms with E-state index in [-0.39, 0.29) is 18.2 Å². The summed E-state index contributed by atoms with van der Waals surface area (Å²) in [6.07, 6.45) is 7.78. The Morgan fingerprint density at radius 1 is 1.24 bits per heavy atom. The van der Waals surface area contributed by atoms with E-state index in [0.717, 1.165) is 5.75 Å². The molecule has 0 spiro atoms. The van der Waals surface area contributed by atoms with Crippen LogP contribution in [0.25, 0.3) is 0 Å². The summed E-state index contributed by atoms with van der Waals surface area (Å²) in [5.41, 5.74) is 6.66. The average Bonchev–Trinajstić information content (AvgIpc) is 3.56. The van der Waals surface area contributed by atoms with Crippen molar-refractivity contribution in [1.29, 1.82) is 0 Å². The molecule has 3 heterocycles. The minimum Gasteiger partial charge on any atom is -0.480 e. The molecule has 12 heteroatoms. The smallest absolute Gasteiger partial charge is 0.326 e. The highest BCUT2D eigenvalue weighted by Crippen LogP contribution is 2.26. The number of hydrogen-bond acceptors (Lipinski definition) is 7. The number of carbonyl (C=O) groups is 4. The van der Waals surface area contributed by atoms with E-state index < -0.39 is 36.0 Å². The van der Waals surface area contributed by atoms with Crippen LogP contribution in [0.2, 0.25) is 0 Å². The van der Waals surface area contributed by atoms with Crippen molar-refractivity contribution in [2.75, 3.05) is 25.1 Å². The number of hydrogen-bond donors (Lipinski definition) is 4. The maximum Gasteiger partial charge on any atom is 0.326 e. The molecule has 0 radical (unpaired) electrons. The van der Waals surface area contributed by atoms with Crippen molar-refractivity contribution in [2.45, 2.75) is 62.7 Å². The Hall–Kier alpha value is -2.60. The van der Waals surface area contributed by atoms with Gasteiger partial charge in [-0.15, -0.1) is 0 Å². The second-order valence-electron chi connectivity index (χ2n) is 8.45. The van der Waals surface area contributed by atoms with Crippen LogP contribution in [-0.4, -0.2) is 97.8 Å². The molecule has 2 saturated heterocycles. The Balaban J connectivity index is 1.75. The van der Waals surface area contributed by atoms with E-state index in [0.29, 0.717) is 50.9 Å². The molecule has 182 valence electrons. The first-order chi connectivity index (χ1) is 15.8. The van der Waals surface area contributed by atoms with E-state index >= 15 is 0 Å². The average molecular weight is 481 g/mol. The number of nitrogens with two attached hydrogens (primary N) is 1. The van der Waals surface area contributed by atoms with Gasteiger partial charge < -0.3 is 30.9 Å². The lowest BCUT2D eigenvalue weighted by atomic mass is 10.1. The molecule has 2 aliphatic heterocycles. The third-order valence-electron chi connectivity index (χ3n) is 6.21. The van der Waals surface area contributed by atoms with Crippen LogP contribution in [0.3, 0.4) is 0 Å². The summed E-state index contributed by atoms with van der Waals surface area (Å²) in [5, 5.41) is 12.2. The van der Waals surface area contributed by atoms with Crippen molar-refractivity contribution in [3.8, 4) is 0 Å². The van der Waals surface area contributed by atoms with Crippen molar-refractivity contribution in [1.82, 2.24) is 25.1 Å². The monoisotopic (exact) mass is 480 g/mol. The first-order valence-corrected chi connectivity index (χ1v) is 12.6. The van der Waals surface area contributed by atoms with Gasteiger partial charge in [-0.1, -0.05) is 0 Å². The molecule has 0 aromatic carbocycles. The van der Waals surface area contributed by atoms with Crippen molar-refractivity contribution in [3.63, 3.8) is 0 Å². The maximum absolute atomic E-state index is 13.5. The molecule has 1 aromatic heterocycles. The van der Waals surface area contributed by atoms with Crippen LogP contribution in [0, 0.1) is 0 Å². The van der Waals surface area contributed by atoms with Crippen molar-refractivity contribution in [3.05, 3.63) is 18.2 Å². The third-order valence-corrected chi connectivity index (χ3v) is 6.85. The van der Waals surface area contributed by atoms with Crippen LogP contribution in [0.1, 0.15) is 37.8 Å². The van der Waals surface area contributed by atoms with E-state index in [4.69, 9.17) is 5.73 Å². The number of aromatic amines is 1. The molecule has 0 saturated carbocycles. The molecule has 4 atom stereocenters. The molecule has 5 N–H and O–H groups in total. The van der Waals surface area contributed by atoms with Crippen LogP contribution in [0.4, 0.5) is 0 Å². The number of amides is 3. The summed E-state index contributed by atoms with van der Waals surface area (Å²) < 4.78 is 0. The predicted octanol–water partition coefficient (Wildman–Crippen LogP) is -0.416. The number of H-pyrrole nitrogens is 1. The fourth-order valence-corrected chi connectivity index (χ4v) is 4.93. The summed E-state index contributed by atoms with van der Waals surface area (Å²) in [5.74, 6) is -1.45. The zero-order chi connectivity index (χ0) is 24.0. The van der Waals surface area contributed by atoms with Crippen LogP contribution >= 0.6 is 11.8 Å². The van der Waals surface area contributed by atoms with Crippen LogP contribution in [0.15, 0.2) is 12.5 Å². The van der Waals surface area contributed by atoms with Crippen LogP contribution in [0.5, 0.6) is 0 Å². The predicted molar refractivity (Wildman–Crippen MR) is 122 cm³/mol. The first kappa shape index (κ1) is 25.0. The molecule has 0 aliphatic carbocycles. The van der Waals surface area contributed by atoms with E-state index in [2.05, 4.69) is 15.3 Å². The van der Waals surface area contributed by atoms with Gasteiger partial charge in [0.15, 0.2) is 0 Å². The second-order valence-corrected chi connectivity index (χ2v) is 9.43. The van der Waals surface area contributed by atoms with Crippen molar-refractivity contribution < 1.29 is 24.3 Å². The topological polar surface area (TPSA) is 162 Å². The zero-order valence-corrected chi connectivity index (χ0v) is 19.6. The van der Waals surface area contributed by atoms with Gasteiger partial charge in [0.25, 0.3) is 0 Å². The Morgan fingerprint density at radius 3 is 2.58 bits per heavy atom. The van der Waals surface area contributed by atoms with Crippen molar-refractivity contribution in [2.24, 2.45) is 5.73 Å². The Labute approximate surface area is 196 Å². The number of aliphatic carboxylic acids is 1. The number of aromatic nitrogens is 2. The molecule has 2 aliphatic rings. The fraction of sp³-hybridized carbons (Fsp3) is 0.667. The Kier molecular flexibility index (Phi) is 8.73. The highest BCUT2D eigenvalue weighted by Gasteiger charge is 2.43. The van der Waals surface area contributed by atoms with Gasteiger partial charge in [0.05, 0.1) is 12.4 Å². The maximum atomic E-state index is 13.5. The van der Waals surface area contributed by atoms with Gasteiger partial charge in [0.2, 0.25) is 17.7 Å². The summed E-state index contributed by atoms with van der Waals surface area (Å²) in [6.45, 7) is 0.738. The van der Waals surface area contributed by atoms with Gasteiger partial charge in [-0.25, -0.2) is 9.78 Å². The van der Waals surface area contributed by atoms with Gasteiger partial charge in [-0.05, 0) is 44.1 Å². The standard InChI is InChI=1S/C21H32N6O5S/c1-33-9-6-14(22)18(28)25-15(10-13-11-23-12-24-13)19(29)26-7-2-4-16(26)20(30)27-8-3-5-17(27)21(31)32/h11-12,14-17H,2-10,22H2,1H3,(H,23,24)(H,25,28)(H,31,32). The summed E-state index contributed by atoms with van der Waals surface area (Å²) in [6, 6.07) is -3.25. The minimum absolute atomic E-state index is 0.179. The number of nitrogens with one attached hydrogen (secondary N) is 2. The number of carboxylic acid groups (broad SMARTS) is 1. The molecule has 3 rings (SSSR count). The van der Waals surface area contributed by atoms with E-state index in [1.165, 1.54) is 16.1 Å². The molecule has 1 aromatic rings. The molecule has 11 nitrogen and oxygen atoms in total. The number of thioether (sulfide) groups is 1. The number of imidazole rings is 1. The number of rotatable bonds is 10. The highest BCUT2D eigenvalue weighted by atomic mass is 32.2. The van der Waals surface area contributed by atoms with Gasteiger partial charge in [-0.2, -0.15) is 11.8 Å². The fourth-order valence-electron chi connectivity index (χ4n) is 4.44. The SMILES string of the molecule is CSCCC(N)C(=O)NC(Cc1cnc[nH]1)C(=O)N1CCCC1C(=O)N1CCCC1C(=O)O.